The molecule has 0 fully saturated rings. The highest BCUT2D eigenvalue weighted by atomic mass is 16.4. The molecule has 1 unspecified atom stereocenters. The third-order valence-electron chi connectivity index (χ3n) is 1.47. The number of aliphatic carboxylic acids is 1. The lowest BCUT2D eigenvalue weighted by molar-refractivity contribution is -0.146. The Morgan fingerprint density at radius 1 is 1.82 bits per heavy atom. The number of carboxylic acid groups (broad SMARTS) is 1. The van der Waals surface area contributed by atoms with Crippen molar-refractivity contribution < 1.29 is 14.7 Å². The van der Waals surface area contributed by atoms with Crippen molar-refractivity contribution in [3.8, 4) is 0 Å². The van der Waals surface area contributed by atoms with Gasteiger partial charge in [0.2, 0.25) is 0 Å². The summed E-state index contributed by atoms with van der Waals surface area (Å²) in [6.07, 6.45) is 0.209. The third-order valence-corrected chi connectivity index (χ3v) is 1.47. The van der Waals surface area contributed by atoms with Crippen molar-refractivity contribution in [1.82, 2.24) is 5.43 Å². The largest absolute Gasteiger partial charge is 0.481 e. The summed E-state index contributed by atoms with van der Waals surface area (Å²) >= 11 is 0. The van der Waals surface area contributed by atoms with Gasteiger partial charge in [0.15, 0.2) is 0 Å². The maximum atomic E-state index is 10.8. The Kier molecular flexibility index (Phi) is 1.89. The van der Waals surface area contributed by atoms with E-state index in [2.05, 4.69) is 10.5 Å². The Hall–Kier alpha value is -1.39. The van der Waals surface area contributed by atoms with Gasteiger partial charge >= 0.3 is 5.97 Å². The quantitative estimate of drug-likeness (QED) is 0.506. The Labute approximate surface area is 63.1 Å². The monoisotopic (exact) mass is 156 g/mol. The highest BCUT2D eigenvalue weighted by Crippen LogP contribution is 2.08. The fourth-order valence-electron chi connectivity index (χ4n) is 0.862. The fraction of sp³-hybridized carbons (Fsp3) is 0.500. The van der Waals surface area contributed by atoms with E-state index in [0.717, 1.165) is 0 Å². The summed E-state index contributed by atoms with van der Waals surface area (Å²) in [5.41, 5.74) is 2.77. The Morgan fingerprint density at radius 3 is 2.91 bits per heavy atom. The average molecular weight is 156 g/mol. The van der Waals surface area contributed by atoms with E-state index in [9.17, 15) is 9.59 Å². The van der Waals surface area contributed by atoms with Crippen LogP contribution in [0.2, 0.25) is 0 Å². The molecule has 0 aromatic heterocycles. The zero-order valence-corrected chi connectivity index (χ0v) is 6.00. The second kappa shape index (κ2) is 2.69. The van der Waals surface area contributed by atoms with E-state index < -0.39 is 17.8 Å². The van der Waals surface area contributed by atoms with E-state index >= 15 is 0 Å². The van der Waals surface area contributed by atoms with Crippen LogP contribution in [0.4, 0.5) is 0 Å². The van der Waals surface area contributed by atoms with E-state index in [1.807, 2.05) is 0 Å². The molecule has 5 nitrogen and oxygen atoms in total. The number of rotatable bonds is 1. The lowest BCUT2D eigenvalue weighted by Gasteiger charge is -2.14. The number of nitrogens with one attached hydrogen (secondary N) is 1. The predicted octanol–water partition coefficient (Wildman–Crippen LogP) is -0.417. The molecule has 1 amide bonds. The minimum absolute atomic E-state index is 0.209. The highest BCUT2D eigenvalue weighted by Gasteiger charge is 2.29. The molecular formula is C6H8N2O3. The summed E-state index contributed by atoms with van der Waals surface area (Å²) in [5, 5.41) is 12.1. The Morgan fingerprint density at radius 2 is 2.45 bits per heavy atom. The lowest BCUT2D eigenvalue weighted by Crippen LogP contribution is -2.38. The van der Waals surface area contributed by atoms with E-state index in [1.165, 1.54) is 0 Å². The molecular weight excluding hydrogens is 148 g/mol. The second-order valence-electron chi connectivity index (χ2n) is 2.42. The van der Waals surface area contributed by atoms with Gasteiger partial charge in [0.05, 0.1) is 0 Å². The van der Waals surface area contributed by atoms with Crippen molar-refractivity contribution >= 4 is 17.6 Å². The first-order valence-electron chi connectivity index (χ1n) is 3.17. The standard InChI is InChI=1S/C6H8N2O3/c1-3-2-4(6(10)11)5(9)8-7-3/h4H,2H2,1H3,(H,8,9)(H,10,11). The highest BCUT2D eigenvalue weighted by molar-refractivity contribution is 6.03. The van der Waals surface area contributed by atoms with Crippen molar-refractivity contribution in [3.63, 3.8) is 0 Å². The van der Waals surface area contributed by atoms with Crippen molar-refractivity contribution in [2.75, 3.05) is 0 Å². The lowest BCUT2D eigenvalue weighted by atomic mass is 10.0. The van der Waals surface area contributed by atoms with Crippen LogP contribution < -0.4 is 5.43 Å². The molecule has 0 aliphatic carbocycles. The number of carbonyl (C=O) groups is 2. The maximum absolute atomic E-state index is 10.8. The molecule has 0 saturated carbocycles. The summed E-state index contributed by atoms with van der Waals surface area (Å²) < 4.78 is 0. The smallest absolute Gasteiger partial charge is 0.316 e. The molecule has 2 N–H and O–H groups in total. The van der Waals surface area contributed by atoms with Gasteiger partial charge < -0.3 is 5.11 Å². The van der Waals surface area contributed by atoms with Gasteiger partial charge in [-0.3, -0.25) is 9.59 Å². The molecule has 5 heteroatoms. The first-order valence-corrected chi connectivity index (χ1v) is 3.17. The van der Waals surface area contributed by atoms with E-state index in [-0.39, 0.29) is 6.42 Å². The zero-order valence-electron chi connectivity index (χ0n) is 6.00. The second-order valence-corrected chi connectivity index (χ2v) is 2.42. The third kappa shape index (κ3) is 1.54. The van der Waals surface area contributed by atoms with Crippen molar-refractivity contribution in [2.24, 2.45) is 11.0 Å². The molecule has 0 aromatic carbocycles. The number of amides is 1. The van der Waals surface area contributed by atoms with E-state index in [0.29, 0.717) is 5.71 Å². The summed E-state index contributed by atoms with van der Waals surface area (Å²) in [5.74, 6) is -2.60. The van der Waals surface area contributed by atoms with Gasteiger partial charge in [0.25, 0.3) is 5.91 Å². The van der Waals surface area contributed by atoms with Gasteiger partial charge in [-0.25, -0.2) is 5.43 Å². The van der Waals surface area contributed by atoms with Crippen LogP contribution >= 0.6 is 0 Å². The molecule has 0 bridgehead atoms. The van der Waals surface area contributed by atoms with Crippen LogP contribution in [-0.4, -0.2) is 22.7 Å². The predicted molar refractivity (Wildman–Crippen MR) is 37.0 cm³/mol. The molecule has 1 aliphatic heterocycles. The molecule has 1 atom stereocenters. The molecule has 0 spiro atoms. The van der Waals surface area contributed by atoms with Gasteiger partial charge in [-0.05, 0) is 6.92 Å². The van der Waals surface area contributed by atoms with Crippen LogP contribution in [0, 0.1) is 5.92 Å². The topological polar surface area (TPSA) is 78.8 Å². The number of nitrogens with zero attached hydrogens (tertiary/aromatic N) is 1. The van der Waals surface area contributed by atoms with Crippen LogP contribution in [0.15, 0.2) is 5.10 Å². The molecule has 0 saturated heterocycles. The molecule has 0 aromatic rings. The number of carboxylic acids is 1. The minimum Gasteiger partial charge on any atom is -0.481 e. The van der Waals surface area contributed by atoms with Crippen LogP contribution in [-0.2, 0) is 9.59 Å². The molecule has 60 valence electrons. The van der Waals surface area contributed by atoms with Crippen molar-refractivity contribution in [1.29, 1.82) is 0 Å². The van der Waals surface area contributed by atoms with Crippen molar-refractivity contribution in [3.05, 3.63) is 0 Å². The zero-order chi connectivity index (χ0) is 8.43. The average Bonchev–Trinajstić information content (AvgIpc) is 1.94. The van der Waals surface area contributed by atoms with Crippen LogP contribution in [0.5, 0.6) is 0 Å². The SMILES string of the molecule is CC1=NNC(=O)C(C(=O)O)C1. The van der Waals surface area contributed by atoms with Crippen LogP contribution in [0.25, 0.3) is 0 Å². The first kappa shape index (κ1) is 7.71. The van der Waals surface area contributed by atoms with Gasteiger partial charge in [0, 0.05) is 12.1 Å². The van der Waals surface area contributed by atoms with Gasteiger partial charge in [-0.2, -0.15) is 5.10 Å². The number of hydrogen-bond acceptors (Lipinski definition) is 3. The minimum atomic E-state index is -1.10. The molecule has 1 rings (SSSR count). The number of carbonyl (C=O) groups excluding carboxylic acids is 1. The Balaban J connectivity index is 2.76. The van der Waals surface area contributed by atoms with E-state index in [1.54, 1.807) is 6.92 Å². The summed E-state index contributed by atoms with van der Waals surface area (Å²) in [4.78, 5) is 21.2. The first-order chi connectivity index (χ1) is 5.11. The van der Waals surface area contributed by atoms with Crippen LogP contribution in [0.3, 0.4) is 0 Å². The van der Waals surface area contributed by atoms with Crippen LogP contribution in [0.1, 0.15) is 13.3 Å². The fourth-order valence-corrected chi connectivity index (χ4v) is 0.862. The summed E-state index contributed by atoms with van der Waals surface area (Å²) in [6, 6.07) is 0. The summed E-state index contributed by atoms with van der Waals surface area (Å²) in [6.45, 7) is 1.68. The van der Waals surface area contributed by atoms with Crippen molar-refractivity contribution in [2.45, 2.75) is 13.3 Å². The molecule has 1 heterocycles. The molecule has 0 radical (unpaired) electrons. The number of hydrogen-bond donors (Lipinski definition) is 2. The maximum Gasteiger partial charge on any atom is 0.316 e. The summed E-state index contributed by atoms with van der Waals surface area (Å²) in [7, 11) is 0. The molecule has 11 heavy (non-hydrogen) atoms. The van der Waals surface area contributed by atoms with Gasteiger partial charge in [-0.1, -0.05) is 0 Å². The Bertz CT molecular complexity index is 234. The van der Waals surface area contributed by atoms with Gasteiger partial charge in [-0.15, -0.1) is 0 Å². The van der Waals surface area contributed by atoms with E-state index in [4.69, 9.17) is 5.11 Å². The number of hydrazone groups is 1. The molecule has 1 aliphatic rings. The van der Waals surface area contributed by atoms with Gasteiger partial charge in [0.1, 0.15) is 5.92 Å². The normalized spacial score (nSPS) is 23.9.